The first-order valence-electron chi connectivity index (χ1n) is 25.6. The summed E-state index contributed by atoms with van der Waals surface area (Å²) in [7, 11) is 0. The minimum Gasteiger partial charge on any atom is -0.458 e. The van der Waals surface area contributed by atoms with Crippen molar-refractivity contribution in [1.82, 2.24) is 0 Å². The molecule has 0 amide bonds. The van der Waals surface area contributed by atoms with Crippen LogP contribution in [0.1, 0.15) is 30.2 Å². The number of hydrogen-bond acceptors (Lipinski definition) is 4. The number of hydrogen-bond donors (Lipinski definition) is 0. The topological polar surface area (TPSA) is 36.9 Å². The molecule has 0 unspecified atom stereocenters. The largest absolute Gasteiger partial charge is 0.458 e. The van der Waals surface area contributed by atoms with Gasteiger partial charge in [-0.3, -0.25) is 0 Å². The lowest BCUT2D eigenvalue weighted by Gasteiger charge is -2.33. The second-order valence-electron chi connectivity index (χ2n) is 11.4. The first kappa shape index (κ1) is 12.5. The van der Waals surface area contributed by atoms with Crippen LogP contribution in [0.15, 0.2) is 133 Å². The van der Waals surface area contributed by atoms with Crippen LogP contribution in [0.2, 0.25) is 0 Å². The predicted molar refractivity (Wildman–Crippen MR) is 194 cm³/mol. The quantitative estimate of drug-likeness (QED) is 0.139. The fourth-order valence-corrected chi connectivity index (χ4v) is 7.07. The molecule has 0 bridgehead atoms. The molecule has 0 aromatic heterocycles. The highest BCUT2D eigenvalue weighted by Crippen LogP contribution is 2.42. The van der Waals surface area contributed by atoms with Crippen molar-refractivity contribution in [3.8, 4) is 46.0 Å². The van der Waals surface area contributed by atoms with E-state index in [4.69, 9.17) is 40.9 Å². The van der Waals surface area contributed by atoms with Gasteiger partial charge in [0.25, 0.3) is 13.4 Å². The van der Waals surface area contributed by atoms with Crippen molar-refractivity contribution in [2.75, 3.05) is 0 Å². The molecule has 12 rings (SSSR count). The molecule has 8 aromatic carbocycles. The Kier molecular flexibility index (Phi) is 2.29. The smallest absolute Gasteiger partial charge is 0.260 e. The Morgan fingerprint density at radius 2 is 0.667 bits per heavy atom. The highest BCUT2D eigenvalue weighted by atomic mass is 16.5. The first-order chi connectivity index (χ1) is 33.0. The summed E-state index contributed by atoms with van der Waals surface area (Å²) in [6.07, 6.45) is 0. The molecule has 0 atom stereocenters. The SMILES string of the molecule is [2H]c1c([2H])c([2H])c2c(c1[2H])Oc1c([2H])c([2H])c([2H])c3c1B2c1c(c([2H])c2c4c([2H])c5c(c([2H])c4c4c([2H])c([2H])c([2H])c([2H])c4c2c1[2H])B1c2c([2H])c([2H])c([2H])c([2H])c2Oc2c([2H])c([2H])c([2H])c(c21)O5)O3. The second kappa shape index (κ2) is 8.81. The van der Waals surface area contributed by atoms with Crippen LogP contribution in [0, 0.1) is 0 Å². The van der Waals surface area contributed by atoms with Crippen molar-refractivity contribution < 1.29 is 49.1 Å². The maximum Gasteiger partial charge on any atom is 0.260 e. The lowest BCUT2D eigenvalue weighted by atomic mass is 9.34. The second-order valence-corrected chi connectivity index (χ2v) is 11.4. The van der Waals surface area contributed by atoms with Crippen LogP contribution in [0.5, 0.6) is 46.0 Å². The Labute approximate surface area is 307 Å². The van der Waals surface area contributed by atoms with Crippen LogP contribution in [0.25, 0.3) is 32.3 Å². The summed E-state index contributed by atoms with van der Waals surface area (Å²) in [5.41, 5.74) is -1.67. The molecule has 0 radical (unpaired) electrons. The molecule has 8 aromatic rings. The highest BCUT2D eigenvalue weighted by Gasteiger charge is 2.42. The van der Waals surface area contributed by atoms with Crippen LogP contribution >= 0.6 is 0 Å². The number of rotatable bonds is 0. The van der Waals surface area contributed by atoms with Crippen molar-refractivity contribution in [2.45, 2.75) is 0 Å². The number of para-hydroxylation sites is 2. The number of benzene rings is 8. The summed E-state index contributed by atoms with van der Waals surface area (Å²) < 4.78 is 224. The van der Waals surface area contributed by atoms with Gasteiger partial charge in [-0.05, 0) is 103 Å². The van der Waals surface area contributed by atoms with E-state index < -0.39 is 225 Å². The molecule has 0 aliphatic carbocycles. The maximum absolute atomic E-state index is 10.1. The predicted octanol–water partition coefficient (Wildman–Crippen LogP) is 6.60. The van der Waals surface area contributed by atoms with E-state index in [0.717, 1.165) is 0 Å². The molecular formula is C42H22B2O4. The third-order valence-electron chi connectivity index (χ3n) is 9.01. The Hall–Kier alpha value is -6.13. The molecule has 4 aliphatic heterocycles. The zero-order valence-electron chi connectivity index (χ0n) is 45.8. The van der Waals surface area contributed by atoms with Crippen LogP contribution in [-0.4, -0.2) is 13.4 Å². The zero-order chi connectivity index (χ0) is 50.2. The van der Waals surface area contributed by atoms with Gasteiger partial charge in [0.1, 0.15) is 46.0 Å². The Morgan fingerprint density at radius 3 is 1.12 bits per heavy atom. The van der Waals surface area contributed by atoms with E-state index >= 15 is 0 Å². The molecule has 6 heteroatoms. The van der Waals surface area contributed by atoms with Crippen molar-refractivity contribution >= 4 is 78.5 Å². The van der Waals surface area contributed by atoms with Gasteiger partial charge in [0.15, 0.2) is 0 Å². The fourth-order valence-electron chi connectivity index (χ4n) is 7.07. The van der Waals surface area contributed by atoms with Crippen LogP contribution in [-0.2, 0) is 0 Å². The summed E-state index contributed by atoms with van der Waals surface area (Å²) in [4.78, 5) is 0. The van der Waals surface area contributed by atoms with Gasteiger partial charge < -0.3 is 18.9 Å². The minimum absolute atomic E-state index is 0.198. The van der Waals surface area contributed by atoms with Gasteiger partial charge in [0.2, 0.25) is 0 Å². The van der Waals surface area contributed by atoms with Gasteiger partial charge in [-0.15, -0.1) is 0 Å². The molecule has 4 heterocycles. The van der Waals surface area contributed by atoms with E-state index in [1.807, 2.05) is 0 Å². The molecule has 4 nitrogen and oxygen atoms in total. The third kappa shape index (κ3) is 3.12. The van der Waals surface area contributed by atoms with Crippen molar-refractivity contribution in [3.05, 3.63) is 133 Å². The summed E-state index contributed by atoms with van der Waals surface area (Å²) in [6.45, 7) is -3.21. The first-order valence-corrected chi connectivity index (χ1v) is 14.6. The molecule has 0 spiro atoms. The summed E-state index contributed by atoms with van der Waals surface area (Å²) in [6, 6.07) is -15.8. The lowest BCUT2D eigenvalue weighted by Crippen LogP contribution is -2.57. The van der Waals surface area contributed by atoms with E-state index in [0.29, 0.717) is 0 Å². The van der Waals surface area contributed by atoms with Crippen molar-refractivity contribution in [3.63, 3.8) is 0 Å². The Morgan fingerprint density at radius 1 is 0.312 bits per heavy atom. The van der Waals surface area contributed by atoms with E-state index in [1.54, 1.807) is 0 Å². The monoisotopic (exact) mass is 634 g/mol. The van der Waals surface area contributed by atoms with Gasteiger partial charge >= 0.3 is 0 Å². The van der Waals surface area contributed by atoms with Gasteiger partial charge in [-0.25, -0.2) is 0 Å². The maximum atomic E-state index is 10.1. The number of fused-ring (bicyclic) bond motifs is 14. The molecule has 220 valence electrons. The lowest BCUT2D eigenvalue weighted by molar-refractivity contribution is 0.464. The van der Waals surface area contributed by atoms with E-state index in [1.165, 1.54) is 0 Å². The van der Waals surface area contributed by atoms with Gasteiger partial charge in [0.05, 0.1) is 30.2 Å². The molecule has 48 heavy (non-hydrogen) atoms. The summed E-state index contributed by atoms with van der Waals surface area (Å²) in [5, 5.41) is -2.66. The van der Waals surface area contributed by atoms with Crippen LogP contribution in [0.3, 0.4) is 0 Å². The Bertz CT molecular complexity index is 3720. The van der Waals surface area contributed by atoms with E-state index in [2.05, 4.69) is 0 Å². The molecule has 0 saturated heterocycles. The summed E-state index contributed by atoms with van der Waals surface area (Å²) >= 11 is 0. The molecule has 0 N–H and O–H groups in total. The minimum atomic E-state index is -1.60. The van der Waals surface area contributed by atoms with Crippen molar-refractivity contribution in [1.29, 1.82) is 0 Å². The zero-order valence-corrected chi connectivity index (χ0v) is 23.8. The standard InChI is InChI=1S/C42H22B2O4/c1-2-10-24-23(9-1)25-19-31-39(47-37-17-7-15-35-41(37)43(31)29-11-3-5-13-33(29)45-35)21-27(25)28-22-40-32(20-26(24)28)44-30-12-4-6-14-34(30)46-36-16-8-18-38(48-40)42(36)44/h1-22H/i1D,2D,3D,4D,5D,6D,7D,8D,9D,10D,11D,12D,13D,14D,15D,16D,17D,18D,19D,20D,21D,22D. The van der Waals surface area contributed by atoms with Crippen LogP contribution in [0.4, 0.5) is 0 Å². The van der Waals surface area contributed by atoms with Crippen molar-refractivity contribution in [2.24, 2.45) is 0 Å². The number of ether oxygens (including phenoxy) is 4. The van der Waals surface area contributed by atoms with Crippen LogP contribution < -0.4 is 51.7 Å². The summed E-state index contributed by atoms with van der Waals surface area (Å²) in [5.74, 6) is -3.94. The van der Waals surface area contributed by atoms with Gasteiger partial charge in [0, 0.05) is 10.9 Å². The third-order valence-corrected chi connectivity index (χ3v) is 9.01. The normalized spacial score (nSPS) is 20.4. The average molecular weight is 634 g/mol. The van der Waals surface area contributed by atoms with E-state index in [-0.39, 0.29) is 32.8 Å². The molecule has 0 fully saturated rings. The molecule has 4 aliphatic rings. The van der Waals surface area contributed by atoms with E-state index in [9.17, 15) is 8.22 Å². The van der Waals surface area contributed by atoms with Gasteiger partial charge in [-0.2, -0.15) is 0 Å². The molecular weight excluding hydrogens is 590 g/mol. The molecule has 0 saturated carbocycles. The van der Waals surface area contributed by atoms with Gasteiger partial charge in [-0.1, -0.05) is 84.6 Å². The highest BCUT2D eigenvalue weighted by molar-refractivity contribution is 6.99. The fraction of sp³-hybridized carbons (Fsp3) is 0. The average Bonchev–Trinajstić information content (AvgIpc) is 3.35. The Balaban J connectivity index is 1.31.